The van der Waals surface area contributed by atoms with Gasteiger partial charge in [-0.15, -0.1) is 0 Å². The number of nitrogens with one attached hydrogen (secondary N) is 1. The maximum atomic E-state index is 12.6. The zero-order valence-electron chi connectivity index (χ0n) is 17.3. The van der Waals surface area contributed by atoms with Gasteiger partial charge in [-0.1, -0.05) is 24.3 Å². The molecule has 30 heavy (non-hydrogen) atoms. The summed E-state index contributed by atoms with van der Waals surface area (Å²) in [4.78, 5) is 14.5. The number of likely N-dealkylation sites (N-methyl/N-ethyl adjacent to an activating group) is 1. The topological polar surface area (TPSA) is 63.9 Å². The van der Waals surface area contributed by atoms with Gasteiger partial charge in [-0.25, -0.2) is 0 Å². The molecular formula is C24H24N2O4. The number of para-hydroxylation sites is 1. The summed E-state index contributed by atoms with van der Waals surface area (Å²) in [6.07, 6.45) is 0. The maximum Gasteiger partial charge on any atom is 0.238 e. The van der Waals surface area contributed by atoms with Crippen LogP contribution in [-0.2, 0) is 11.3 Å². The lowest BCUT2D eigenvalue weighted by molar-refractivity contribution is -0.117. The van der Waals surface area contributed by atoms with E-state index in [0.29, 0.717) is 18.0 Å². The van der Waals surface area contributed by atoms with Crippen molar-refractivity contribution in [2.45, 2.75) is 6.54 Å². The molecule has 1 aromatic heterocycles. The molecule has 0 saturated heterocycles. The lowest BCUT2D eigenvalue weighted by Gasteiger charge is -2.17. The Hall–Kier alpha value is -3.51. The summed E-state index contributed by atoms with van der Waals surface area (Å²) in [7, 11) is 5.12. The van der Waals surface area contributed by atoms with Crippen LogP contribution in [0.25, 0.3) is 21.9 Å². The fourth-order valence-electron chi connectivity index (χ4n) is 3.60. The van der Waals surface area contributed by atoms with Crippen LogP contribution in [0, 0.1) is 0 Å². The first-order chi connectivity index (χ1) is 14.6. The Kier molecular flexibility index (Phi) is 5.59. The van der Waals surface area contributed by atoms with Crippen LogP contribution in [0.1, 0.15) is 5.56 Å². The van der Waals surface area contributed by atoms with Gasteiger partial charge >= 0.3 is 0 Å². The Balaban J connectivity index is 1.42. The van der Waals surface area contributed by atoms with Crippen molar-refractivity contribution in [1.82, 2.24) is 4.90 Å². The molecular weight excluding hydrogens is 380 g/mol. The van der Waals surface area contributed by atoms with Crippen molar-refractivity contribution in [3.8, 4) is 11.5 Å². The molecule has 0 atom stereocenters. The van der Waals surface area contributed by atoms with Crippen LogP contribution in [0.5, 0.6) is 11.5 Å². The summed E-state index contributed by atoms with van der Waals surface area (Å²) in [6, 6.07) is 19.3. The number of carbonyl (C=O) groups excluding carboxylic acids is 1. The van der Waals surface area contributed by atoms with E-state index in [0.717, 1.165) is 33.2 Å². The molecule has 3 aromatic carbocycles. The minimum atomic E-state index is -0.0786. The average molecular weight is 404 g/mol. The molecule has 6 nitrogen and oxygen atoms in total. The van der Waals surface area contributed by atoms with Crippen LogP contribution in [0.4, 0.5) is 5.69 Å². The van der Waals surface area contributed by atoms with Crippen LogP contribution >= 0.6 is 0 Å². The second kappa shape index (κ2) is 8.47. The smallest absolute Gasteiger partial charge is 0.238 e. The molecule has 0 bridgehead atoms. The monoisotopic (exact) mass is 404 g/mol. The number of carbonyl (C=O) groups is 1. The van der Waals surface area contributed by atoms with Gasteiger partial charge in [-0.05, 0) is 49.0 Å². The van der Waals surface area contributed by atoms with Crippen molar-refractivity contribution in [2.75, 3.05) is 33.1 Å². The molecule has 1 amide bonds. The second-order valence-electron chi connectivity index (χ2n) is 7.22. The van der Waals surface area contributed by atoms with Crippen molar-refractivity contribution in [1.29, 1.82) is 0 Å². The first-order valence-electron chi connectivity index (χ1n) is 9.68. The maximum absolute atomic E-state index is 12.6. The molecule has 0 aliphatic rings. The van der Waals surface area contributed by atoms with E-state index in [1.165, 1.54) is 0 Å². The van der Waals surface area contributed by atoms with Crippen LogP contribution in [0.3, 0.4) is 0 Å². The number of hydrogen-bond donors (Lipinski definition) is 1. The number of methoxy groups -OCH3 is 2. The number of furan rings is 1. The fraction of sp³-hybridized carbons (Fsp3) is 0.208. The van der Waals surface area contributed by atoms with E-state index >= 15 is 0 Å². The number of anilines is 1. The van der Waals surface area contributed by atoms with E-state index in [1.54, 1.807) is 14.2 Å². The SMILES string of the molecule is COc1ccc(CN(C)CC(=O)Nc2ccc3oc4ccccc4c3c2)cc1OC. The second-order valence-corrected chi connectivity index (χ2v) is 7.22. The molecule has 6 heteroatoms. The quantitative estimate of drug-likeness (QED) is 0.485. The highest BCUT2D eigenvalue weighted by Gasteiger charge is 2.12. The predicted molar refractivity (Wildman–Crippen MR) is 118 cm³/mol. The highest BCUT2D eigenvalue weighted by atomic mass is 16.5. The molecule has 0 spiro atoms. The molecule has 0 aliphatic heterocycles. The Morgan fingerprint density at radius 2 is 1.70 bits per heavy atom. The molecule has 154 valence electrons. The normalized spacial score (nSPS) is 11.2. The van der Waals surface area contributed by atoms with Gasteiger partial charge in [0, 0.05) is 23.0 Å². The van der Waals surface area contributed by atoms with Crippen molar-refractivity contribution in [3.63, 3.8) is 0 Å². The molecule has 0 fully saturated rings. The summed E-state index contributed by atoms with van der Waals surface area (Å²) in [5, 5.41) is 5.00. The van der Waals surface area contributed by atoms with E-state index in [4.69, 9.17) is 13.9 Å². The highest BCUT2D eigenvalue weighted by molar-refractivity contribution is 6.07. The molecule has 0 unspecified atom stereocenters. The van der Waals surface area contributed by atoms with E-state index in [9.17, 15) is 4.79 Å². The molecule has 0 saturated carbocycles. The molecule has 1 N–H and O–H groups in total. The zero-order valence-corrected chi connectivity index (χ0v) is 17.3. The van der Waals surface area contributed by atoms with Gasteiger partial charge in [0.1, 0.15) is 11.2 Å². The number of benzene rings is 3. The van der Waals surface area contributed by atoms with Gasteiger partial charge in [-0.2, -0.15) is 0 Å². The van der Waals surface area contributed by atoms with Gasteiger partial charge in [0.15, 0.2) is 11.5 Å². The molecule has 0 aliphatic carbocycles. The Morgan fingerprint density at radius 1 is 0.933 bits per heavy atom. The molecule has 1 heterocycles. The van der Waals surface area contributed by atoms with Crippen LogP contribution in [0.2, 0.25) is 0 Å². The van der Waals surface area contributed by atoms with Crippen molar-refractivity contribution < 1.29 is 18.7 Å². The van der Waals surface area contributed by atoms with Gasteiger partial charge in [0.25, 0.3) is 0 Å². The lowest BCUT2D eigenvalue weighted by Crippen LogP contribution is -2.29. The molecule has 4 aromatic rings. The summed E-state index contributed by atoms with van der Waals surface area (Å²) in [5.41, 5.74) is 3.43. The first kappa shape index (κ1) is 19.8. The predicted octanol–water partition coefficient (Wildman–Crippen LogP) is 4.67. The standard InChI is InChI=1S/C24H24N2O4/c1-26(14-16-8-10-22(28-2)23(12-16)29-3)15-24(27)25-17-9-11-21-19(13-17)18-6-4-5-7-20(18)30-21/h4-13H,14-15H2,1-3H3,(H,25,27). The molecule has 0 radical (unpaired) electrons. The van der Waals surface area contributed by atoms with Gasteiger partial charge in [0.2, 0.25) is 5.91 Å². The van der Waals surface area contributed by atoms with E-state index in [2.05, 4.69) is 5.32 Å². The van der Waals surface area contributed by atoms with Gasteiger partial charge < -0.3 is 19.2 Å². The van der Waals surface area contributed by atoms with Crippen molar-refractivity contribution in [2.24, 2.45) is 0 Å². The van der Waals surface area contributed by atoms with E-state index < -0.39 is 0 Å². The van der Waals surface area contributed by atoms with E-state index in [1.807, 2.05) is 72.6 Å². The Labute approximate surface area is 175 Å². The van der Waals surface area contributed by atoms with E-state index in [-0.39, 0.29) is 12.5 Å². The number of nitrogens with zero attached hydrogens (tertiary/aromatic N) is 1. The number of fused-ring (bicyclic) bond motifs is 3. The lowest BCUT2D eigenvalue weighted by atomic mass is 10.1. The summed E-state index contributed by atoms with van der Waals surface area (Å²) in [6.45, 7) is 0.873. The van der Waals surface area contributed by atoms with Crippen LogP contribution in [-0.4, -0.2) is 38.6 Å². The highest BCUT2D eigenvalue weighted by Crippen LogP contribution is 2.30. The number of hydrogen-bond acceptors (Lipinski definition) is 5. The zero-order chi connectivity index (χ0) is 21.1. The molecule has 4 rings (SSSR count). The van der Waals surface area contributed by atoms with Crippen LogP contribution < -0.4 is 14.8 Å². The Bertz CT molecular complexity index is 1200. The Morgan fingerprint density at radius 3 is 2.50 bits per heavy atom. The van der Waals surface area contributed by atoms with Crippen molar-refractivity contribution >= 4 is 33.5 Å². The van der Waals surface area contributed by atoms with Gasteiger partial charge in [-0.3, -0.25) is 9.69 Å². The average Bonchev–Trinajstić information content (AvgIpc) is 3.11. The summed E-state index contributed by atoms with van der Waals surface area (Å²) >= 11 is 0. The first-order valence-corrected chi connectivity index (χ1v) is 9.68. The minimum absolute atomic E-state index is 0.0786. The third-order valence-electron chi connectivity index (χ3n) is 4.97. The van der Waals surface area contributed by atoms with Crippen LogP contribution in [0.15, 0.2) is 65.1 Å². The largest absolute Gasteiger partial charge is 0.493 e. The van der Waals surface area contributed by atoms with Crippen molar-refractivity contribution in [3.05, 3.63) is 66.2 Å². The fourth-order valence-corrected chi connectivity index (χ4v) is 3.60. The third kappa shape index (κ3) is 4.09. The summed E-state index contributed by atoms with van der Waals surface area (Å²) < 4.78 is 16.5. The third-order valence-corrected chi connectivity index (χ3v) is 4.97. The number of amides is 1. The minimum Gasteiger partial charge on any atom is -0.493 e. The number of ether oxygens (including phenoxy) is 2. The number of rotatable bonds is 7. The summed E-state index contributed by atoms with van der Waals surface area (Å²) in [5.74, 6) is 1.28. The van der Waals surface area contributed by atoms with Gasteiger partial charge in [0.05, 0.1) is 20.8 Å².